The third-order valence-electron chi connectivity index (χ3n) is 1.72. The third-order valence-corrected chi connectivity index (χ3v) is 11.6. The van der Waals surface area contributed by atoms with E-state index >= 15 is 0 Å². The zero-order valence-corrected chi connectivity index (χ0v) is 9.85. The molecule has 0 aliphatic rings. The summed E-state index contributed by atoms with van der Waals surface area (Å²) in [6, 6.07) is 0. The summed E-state index contributed by atoms with van der Waals surface area (Å²) >= 11 is -1.25. The summed E-state index contributed by atoms with van der Waals surface area (Å²) in [6.45, 7) is 2.54. The van der Waals surface area contributed by atoms with Gasteiger partial charge in [-0.2, -0.15) is 0 Å². The van der Waals surface area contributed by atoms with Gasteiger partial charge in [-0.25, -0.2) is 0 Å². The van der Waals surface area contributed by atoms with E-state index in [0.717, 1.165) is 19.6 Å². The third kappa shape index (κ3) is 5.46. The van der Waals surface area contributed by atoms with Crippen LogP contribution in [0.15, 0.2) is 0 Å². The van der Waals surface area contributed by atoms with Crippen LogP contribution >= 0.6 is 0 Å². The molecule has 0 unspecified atom stereocenters. The molecule has 0 radical (unpaired) electrons. The fourth-order valence-corrected chi connectivity index (χ4v) is 7.65. The fraction of sp³-hybridized carbons (Fsp3) is 1.00. The van der Waals surface area contributed by atoms with Crippen molar-refractivity contribution in [3.63, 3.8) is 0 Å². The van der Waals surface area contributed by atoms with E-state index in [1.165, 1.54) is 13.3 Å². The zero-order valence-electron chi connectivity index (χ0n) is 6.55. The van der Waals surface area contributed by atoms with E-state index in [0.29, 0.717) is 0 Å². The first-order chi connectivity index (χ1) is 4.85. The van der Waals surface area contributed by atoms with Crippen molar-refractivity contribution in [1.29, 1.82) is 0 Å². The summed E-state index contributed by atoms with van der Waals surface area (Å²) in [5.74, 6) is 0. The molecule has 0 aromatic carbocycles. The summed E-state index contributed by atoms with van der Waals surface area (Å²) in [5.41, 5.74) is 16.4. The van der Waals surface area contributed by atoms with E-state index in [1.807, 2.05) is 0 Å². The number of nitrogens with two attached hydrogens (primary N) is 3. The first-order valence-corrected chi connectivity index (χ1v) is 10.9. The Morgan fingerprint density at radius 3 is 1.20 bits per heavy atom. The van der Waals surface area contributed by atoms with E-state index in [4.69, 9.17) is 17.2 Å². The molecular weight excluding hydrogens is 233 g/mol. The van der Waals surface area contributed by atoms with Crippen molar-refractivity contribution in [2.45, 2.75) is 13.3 Å². The first kappa shape index (κ1) is 10.7. The summed E-state index contributed by atoms with van der Waals surface area (Å²) in [6.07, 6.45) is 0. The molecule has 0 aliphatic heterocycles. The van der Waals surface area contributed by atoms with Crippen LogP contribution in [0.1, 0.15) is 0 Å². The molecule has 0 rings (SSSR count). The molecule has 0 amide bonds. The summed E-state index contributed by atoms with van der Waals surface area (Å²) in [7, 11) is 0. The van der Waals surface area contributed by atoms with Crippen LogP contribution < -0.4 is 17.2 Å². The Morgan fingerprint density at radius 1 is 0.700 bits per heavy atom. The van der Waals surface area contributed by atoms with Gasteiger partial charge in [0.05, 0.1) is 0 Å². The molecule has 3 nitrogen and oxygen atoms in total. The molecule has 4 heteroatoms. The van der Waals surface area contributed by atoms with Crippen molar-refractivity contribution >= 4 is 19.8 Å². The van der Waals surface area contributed by atoms with Crippen molar-refractivity contribution in [3.8, 4) is 0 Å². The standard InChI is InChI=1S/3C2H6N.Sn.H/c3*1-2-3;;/h3*1-3H2;;. The fourth-order valence-electron chi connectivity index (χ4n) is 1.14. The van der Waals surface area contributed by atoms with Crippen LogP contribution in [0.5, 0.6) is 0 Å². The minimum absolute atomic E-state index is 0.848. The molecule has 0 spiro atoms. The number of hydrogen-bond donors (Lipinski definition) is 3. The average Bonchev–Trinajstić information content (AvgIpc) is 1.90. The minimum atomic E-state index is -1.25. The SMILES string of the molecule is NC[CH2][SnH]([CH2]CN)[CH2]CN. The second kappa shape index (κ2) is 7.78. The van der Waals surface area contributed by atoms with Crippen LogP contribution in [0, 0.1) is 0 Å². The van der Waals surface area contributed by atoms with Gasteiger partial charge in [-0.3, -0.25) is 0 Å². The number of rotatable bonds is 6. The Labute approximate surface area is 70.1 Å². The molecule has 0 saturated carbocycles. The molecular formula is C6H19N3Sn. The van der Waals surface area contributed by atoms with Crippen LogP contribution in [0.2, 0.25) is 13.3 Å². The Kier molecular flexibility index (Phi) is 8.31. The van der Waals surface area contributed by atoms with Gasteiger partial charge in [0.25, 0.3) is 0 Å². The van der Waals surface area contributed by atoms with E-state index in [1.54, 1.807) is 0 Å². The Bertz CT molecular complexity index is 55.7. The Morgan fingerprint density at radius 2 is 1.00 bits per heavy atom. The van der Waals surface area contributed by atoms with Crippen molar-refractivity contribution in [2.24, 2.45) is 17.2 Å². The average molecular weight is 252 g/mol. The second-order valence-electron chi connectivity index (χ2n) is 2.60. The van der Waals surface area contributed by atoms with Crippen LogP contribution in [0.3, 0.4) is 0 Å². The van der Waals surface area contributed by atoms with Crippen LogP contribution in [-0.4, -0.2) is 39.4 Å². The normalized spacial score (nSPS) is 10.8. The monoisotopic (exact) mass is 253 g/mol. The van der Waals surface area contributed by atoms with Gasteiger partial charge < -0.3 is 0 Å². The van der Waals surface area contributed by atoms with Crippen LogP contribution in [0.4, 0.5) is 0 Å². The zero-order chi connectivity index (χ0) is 7.82. The molecule has 0 bridgehead atoms. The summed E-state index contributed by atoms with van der Waals surface area (Å²) < 4.78 is 3.82. The maximum atomic E-state index is 5.46. The number of hydrogen-bond acceptors (Lipinski definition) is 3. The van der Waals surface area contributed by atoms with Crippen molar-refractivity contribution in [3.05, 3.63) is 0 Å². The van der Waals surface area contributed by atoms with Gasteiger partial charge in [0, 0.05) is 0 Å². The van der Waals surface area contributed by atoms with E-state index in [9.17, 15) is 0 Å². The quantitative estimate of drug-likeness (QED) is 0.535. The van der Waals surface area contributed by atoms with Gasteiger partial charge in [-0.05, 0) is 0 Å². The van der Waals surface area contributed by atoms with Gasteiger partial charge in [0.1, 0.15) is 0 Å². The van der Waals surface area contributed by atoms with Crippen LogP contribution in [-0.2, 0) is 0 Å². The second-order valence-corrected chi connectivity index (χ2v) is 12.5. The molecule has 62 valence electrons. The van der Waals surface area contributed by atoms with E-state index in [2.05, 4.69) is 0 Å². The van der Waals surface area contributed by atoms with Gasteiger partial charge in [-0.15, -0.1) is 0 Å². The molecule has 0 aliphatic carbocycles. The molecule has 10 heavy (non-hydrogen) atoms. The van der Waals surface area contributed by atoms with Gasteiger partial charge in [0.2, 0.25) is 0 Å². The first-order valence-electron chi connectivity index (χ1n) is 3.95. The summed E-state index contributed by atoms with van der Waals surface area (Å²) in [4.78, 5) is 0. The molecule has 0 fully saturated rings. The van der Waals surface area contributed by atoms with Crippen molar-refractivity contribution in [2.75, 3.05) is 19.6 Å². The maximum absolute atomic E-state index is 5.46. The Balaban J connectivity index is 3.30. The summed E-state index contributed by atoms with van der Waals surface area (Å²) in [5, 5.41) is 0. The molecule has 0 heterocycles. The molecule has 0 aromatic rings. The molecule has 0 atom stereocenters. The predicted octanol–water partition coefficient (Wildman–Crippen LogP) is -0.910. The van der Waals surface area contributed by atoms with E-state index in [-0.39, 0.29) is 0 Å². The van der Waals surface area contributed by atoms with Crippen LogP contribution in [0.25, 0.3) is 0 Å². The van der Waals surface area contributed by atoms with Gasteiger partial charge in [0.15, 0.2) is 0 Å². The topological polar surface area (TPSA) is 78.1 Å². The molecule has 0 saturated heterocycles. The van der Waals surface area contributed by atoms with Crippen molar-refractivity contribution < 1.29 is 0 Å². The molecule has 6 N–H and O–H groups in total. The van der Waals surface area contributed by atoms with Crippen molar-refractivity contribution in [1.82, 2.24) is 0 Å². The molecule has 0 aromatic heterocycles. The predicted molar refractivity (Wildman–Crippen MR) is 48.7 cm³/mol. The van der Waals surface area contributed by atoms with E-state index < -0.39 is 19.8 Å². The Hall–Kier alpha value is 0.679. The van der Waals surface area contributed by atoms with Gasteiger partial charge in [-0.1, -0.05) is 0 Å². The van der Waals surface area contributed by atoms with Gasteiger partial charge >= 0.3 is 69.9 Å².